The summed E-state index contributed by atoms with van der Waals surface area (Å²) >= 11 is 0. The minimum Gasteiger partial charge on any atom is -0.481 e. The second kappa shape index (κ2) is 9.75. The zero-order valence-electron chi connectivity index (χ0n) is 13.3. The number of nitrogens with one attached hydrogen (secondary N) is 2. The molecular formula is C15H30N2O3. The minimum absolute atomic E-state index is 0.0459. The fraction of sp³-hybridized carbons (Fsp3) is 0.867. The van der Waals surface area contributed by atoms with Crippen LogP contribution in [0, 0.1) is 11.3 Å². The summed E-state index contributed by atoms with van der Waals surface area (Å²) in [5.74, 6) is -0.595. The van der Waals surface area contributed by atoms with Crippen molar-refractivity contribution < 1.29 is 14.7 Å². The zero-order chi connectivity index (χ0) is 15.6. The van der Waals surface area contributed by atoms with Crippen molar-refractivity contribution in [3.05, 3.63) is 0 Å². The van der Waals surface area contributed by atoms with Crippen LogP contribution in [0.15, 0.2) is 0 Å². The molecule has 0 saturated heterocycles. The minimum atomic E-state index is -0.764. The van der Waals surface area contributed by atoms with Crippen LogP contribution < -0.4 is 10.6 Å². The van der Waals surface area contributed by atoms with E-state index in [4.69, 9.17) is 5.11 Å². The van der Waals surface area contributed by atoms with Crippen LogP contribution in [0.5, 0.6) is 0 Å². The number of unbranched alkanes of at least 4 members (excludes halogenated alkanes) is 1. The van der Waals surface area contributed by atoms with Crippen LogP contribution in [0.3, 0.4) is 0 Å². The summed E-state index contributed by atoms with van der Waals surface area (Å²) in [6, 6.07) is 0. The van der Waals surface area contributed by atoms with Crippen molar-refractivity contribution in [1.82, 2.24) is 10.6 Å². The monoisotopic (exact) mass is 286 g/mol. The van der Waals surface area contributed by atoms with E-state index in [2.05, 4.69) is 38.3 Å². The molecule has 3 N–H and O–H groups in total. The Morgan fingerprint density at radius 3 is 2.35 bits per heavy atom. The molecule has 1 atom stereocenters. The molecule has 0 aromatic heterocycles. The van der Waals surface area contributed by atoms with E-state index in [0.29, 0.717) is 26.1 Å². The topological polar surface area (TPSA) is 78.4 Å². The predicted octanol–water partition coefficient (Wildman–Crippen LogP) is 2.02. The summed E-state index contributed by atoms with van der Waals surface area (Å²) in [5.41, 5.74) is -0.0459. The van der Waals surface area contributed by atoms with E-state index in [1.165, 1.54) is 0 Å². The molecule has 0 bridgehead atoms. The third-order valence-electron chi connectivity index (χ3n) is 3.42. The highest BCUT2D eigenvalue weighted by Gasteiger charge is 2.26. The molecule has 0 aromatic rings. The van der Waals surface area contributed by atoms with Crippen molar-refractivity contribution in [1.29, 1.82) is 0 Å². The van der Waals surface area contributed by atoms with Gasteiger partial charge in [0.1, 0.15) is 0 Å². The van der Waals surface area contributed by atoms with Crippen LogP contribution in [-0.2, 0) is 9.59 Å². The van der Waals surface area contributed by atoms with Gasteiger partial charge in [-0.2, -0.15) is 0 Å². The molecule has 5 heteroatoms. The zero-order valence-corrected chi connectivity index (χ0v) is 13.3. The second-order valence-corrected chi connectivity index (χ2v) is 6.32. The molecule has 0 aromatic carbocycles. The second-order valence-electron chi connectivity index (χ2n) is 6.32. The van der Waals surface area contributed by atoms with Gasteiger partial charge in [0.15, 0.2) is 0 Å². The Morgan fingerprint density at radius 2 is 1.85 bits per heavy atom. The fourth-order valence-corrected chi connectivity index (χ4v) is 1.89. The van der Waals surface area contributed by atoms with Crippen molar-refractivity contribution in [3.8, 4) is 0 Å². The highest BCUT2D eigenvalue weighted by Crippen LogP contribution is 2.27. The molecule has 0 heterocycles. The van der Waals surface area contributed by atoms with Crippen LogP contribution in [0.1, 0.15) is 53.4 Å². The van der Waals surface area contributed by atoms with E-state index < -0.39 is 5.97 Å². The SMILES string of the molecule is CCCCC(=O)NCCNCC(CC(=O)O)C(C)(C)C. The smallest absolute Gasteiger partial charge is 0.303 e. The average Bonchev–Trinajstić information content (AvgIpc) is 2.32. The van der Waals surface area contributed by atoms with E-state index >= 15 is 0 Å². The Labute approximate surface area is 122 Å². The molecule has 1 unspecified atom stereocenters. The lowest BCUT2D eigenvalue weighted by Gasteiger charge is -2.29. The Morgan fingerprint density at radius 1 is 1.20 bits per heavy atom. The van der Waals surface area contributed by atoms with Crippen molar-refractivity contribution in [2.45, 2.75) is 53.4 Å². The van der Waals surface area contributed by atoms with Crippen LogP contribution in [0.2, 0.25) is 0 Å². The van der Waals surface area contributed by atoms with Crippen molar-refractivity contribution in [2.75, 3.05) is 19.6 Å². The van der Waals surface area contributed by atoms with Gasteiger partial charge in [0.25, 0.3) is 0 Å². The van der Waals surface area contributed by atoms with E-state index in [1.807, 2.05) is 0 Å². The maximum absolute atomic E-state index is 11.4. The summed E-state index contributed by atoms with van der Waals surface area (Å²) in [7, 11) is 0. The van der Waals surface area contributed by atoms with Gasteiger partial charge >= 0.3 is 5.97 Å². The normalized spacial score (nSPS) is 13.0. The summed E-state index contributed by atoms with van der Waals surface area (Å²) in [6.07, 6.45) is 2.69. The highest BCUT2D eigenvalue weighted by atomic mass is 16.4. The Kier molecular flexibility index (Phi) is 9.21. The number of hydrogen-bond acceptors (Lipinski definition) is 3. The lowest BCUT2D eigenvalue weighted by Crippen LogP contribution is -2.37. The van der Waals surface area contributed by atoms with Crippen molar-refractivity contribution >= 4 is 11.9 Å². The van der Waals surface area contributed by atoms with Crippen LogP contribution >= 0.6 is 0 Å². The molecule has 0 saturated carbocycles. The summed E-state index contributed by atoms with van der Waals surface area (Å²) in [6.45, 7) is 10.1. The maximum atomic E-state index is 11.4. The number of hydrogen-bond donors (Lipinski definition) is 3. The summed E-state index contributed by atoms with van der Waals surface area (Å²) in [4.78, 5) is 22.2. The van der Waals surface area contributed by atoms with Gasteiger partial charge in [0, 0.05) is 25.9 Å². The third kappa shape index (κ3) is 9.78. The number of aliphatic carboxylic acids is 1. The first-order valence-electron chi connectivity index (χ1n) is 7.46. The Bertz CT molecular complexity index is 298. The van der Waals surface area contributed by atoms with Gasteiger partial charge in [-0.25, -0.2) is 0 Å². The molecule has 5 nitrogen and oxygen atoms in total. The lowest BCUT2D eigenvalue weighted by atomic mass is 9.78. The first-order valence-corrected chi connectivity index (χ1v) is 7.46. The predicted molar refractivity (Wildman–Crippen MR) is 80.6 cm³/mol. The Balaban J connectivity index is 3.84. The summed E-state index contributed by atoms with van der Waals surface area (Å²) < 4.78 is 0. The van der Waals surface area contributed by atoms with E-state index in [9.17, 15) is 9.59 Å². The number of amides is 1. The summed E-state index contributed by atoms with van der Waals surface area (Å²) in [5, 5.41) is 15.0. The molecule has 0 rings (SSSR count). The molecule has 0 aliphatic heterocycles. The third-order valence-corrected chi connectivity index (χ3v) is 3.42. The fourth-order valence-electron chi connectivity index (χ4n) is 1.89. The first-order chi connectivity index (χ1) is 9.27. The molecule has 1 amide bonds. The molecule has 0 aliphatic carbocycles. The quantitative estimate of drug-likeness (QED) is 0.537. The molecule has 20 heavy (non-hydrogen) atoms. The molecule has 118 valence electrons. The number of rotatable bonds is 10. The van der Waals surface area contributed by atoms with Crippen LogP contribution in [0.25, 0.3) is 0 Å². The van der Waals surface area contributed by atoms with E-state index in [0.717, 1.165) is 12.8 Å². The molecule has 0 spiro atoms. The van der Waals surface area contributed by atoms with Gasteiger partial charge < -0.3 is 15.7 Å². The van der Waals surface area contributed by atoms with Gasteiger partial charge in [0.2, 0.25) is 5.91 Å². The molecular weight excluding hydrogens is 256 g/mol. The standard InChI is InChI=1S/C15H30N2O3/c1-5-6-7-13(18)17-9-8-16-11-12(10-14(19)20)15(2,3)4/h12,16H,5-11H2,1-4H3,(H,17,18)(H,19,20). The van der Waals surface area contributed by atoms with Gasteiger partial charge in [-0.3, -0.25) is 9.59 Å². The molecule has 0 radical (unpaired) electrons. The highest BCUT2D eigenvalue weighted by molar-refractivity contribution is 5.75. The molecule has 0 fully saturated rings. The number of carbonyl (C=O) groups is 2. The molecule has 0 aliphatic rings. The van der Waals surface area contributed by atoms with Crippen molar-refractivity contribution in [2.24, 2.45) is 11.3 Å². The van der Waals surface area contributed by atoms with E-state index in [1.54, 1.807) is 0 Å². The first kappa shape index (κ1) is 18.9. The number of carboxylic acid groups (broad SMARTS) is 1. The van der Waals surface area contributed by atoms with E-state index in [-0.39, 0.29) is 23.7 Å². The van der Waals surface area contributed by atoms with Crippen LogP contribution in [-0.4, -0.2) is 36.6 Å². The van der Waals surface area contributed by atoms with Gasteiger partial charge in [0.05, 0.1) is 0 Å². The van der Waals surface area contributed by atoms with Gasteiger partial charge in [-0.05, 0) is 24.3 Å². The average molecular weight is 286 g/mol. The van der Waals surface area contributed by atoms with Gasteiger partial charge in [-0.15, -0.1) is 0 Å². The number of carboxylic acids is 1. The lowest BCUT2D eigenvalue weighted by molar-refractivity contribution is -0.139. The maximum Gasteiger partial charge on any atom is 0.303 e. The van der Waals surface area contributed by atoms with Gasteiger partial charge in [-0.1, -0.05) is 34.1 Å². The number of carbonyl (C=O) groups excluding carboxylic acids is 1. The van der Waals surface area contributed by atoms with Crippen LogP contribution in [0.4, 0.5) is 0 Å². The Hall–Kier alpha value is -1.10. The van der Waals surface area contributed by atoms with Crippen molar-refractivity contribution in [3.63, 3.8) is 0 Å². The largest absolute Gasteiger partial charge is 0.481 e.